The van der Waals surface area contributed by atoms with Crippen LogP contribution in [0.15, 0.2) is 60.9 Å². The van der Waals surface area contributed by atoms with Crippen LogP contribution in [0.25, 0.3) is 0 Å². The molecule has 2 N–H and O–H groups in total. The Morgan fingerprint density at radius 2 is 2.17 bits per heavy atom. The van der Waals surface area contributed by atoms with Crippen LogP contribution >= 0.6 is 12.2 Å². The molecule has 1 aromatic carbocycles. The van der Waals surface area contributed by atoms with Crippen molar-refractivity contribution in [2.75, 3.05) is 23.9 Å². The number of aromatic nitrogens is 2. The zero-order valence-electron chi connectivity index (χ0n) is 20.5. The van der Waals surface area contributed by atoms with Gasteiger partial charge in [-0.2, -0.15) is 0 Å². The molecule has 8 nitrogen and oxygen atoms in total. The van der Waals surface area contributed by atoms with Crippen molar-refractivity contribution in [3.05, 3.63) is 72.3 Å². The summed E-state index contributed by atoms with van der Waals surface area (Å²) in [6, 6.07) is 15.6. The minimum Gasteiger partial charge on any atom is -0.494 e. The van der Waals surface area contributed by atoms with Gasteiger partial charge in [0.05, 0.1) is 30.6 Å². The summed E-state index contributed by atoms with van der Waals surface area (Å²) in [4.78, 5) is 18.8. The lowest BCUT2D eigenvalue weighted by Crippen LogP contribution is -2.31. The highest BCUT2D eigenvalue weighted by Gasteiger charge is 2.42. The summed E-state index contributed by atoms with van der Waals surface area (Å²) < 4.78 is 13.8. The number of hydrogen-bond acceptors (Lipinski definition) is 5. The fraction of sp³-hybridized carbons (Fsp3) is 0.370. The first-order valence-corrected chi connectivity index (χ1v) is 12.7. The number of ether oxygens (including phenoxy) is 2. The van der Waals surface area contributed by atoms with E-state index in [1.165, 1.54) is 0 Å². The Bertz CT molecular complexity index is 1230. The molecule has 4 heterocycles. The second-order valence-corrected chi connectivity index (χ2v) is 9.39. The van der Waals surface area contributed by atoms with Crippen LogP contribution in [0.3, 0.4) is 0 Å². The number of hydrogen-bond donors (Lipinski definition) is 2. The zero-order valence-corrected chi connectivity index (χ0v) is 21.3. The molecule has 0 unspecified atom stereocenters. The Morgan fingerprint density at radius 1 is 1.28 bits per heavy atom. The van der Waals surface area contributed by atoms with Crippen LogP contribution in [0.4, 0.5) is 11.4 Å². The zero-order chi connectivity index (χ0) is 25.1. The number of nitrogens with zero attached hydrogens (tertiary/aromatic N) is 3. The minimum absolute atomic E-state index is 0.0699. The molecule has 2 aromatic heterocycles. The quantitative estimate of drug-likeness (QED) is 0.433. The van der Waals surface area contributed by atoms with Gasteiger partial charge in [-0.25, -0.2) is 0 Å². The normalized spacial score (nSPS) is 21.4. The Balaban J connectivity index is 1.55. The lowest BCUT2D eigenvalue weighted by molar-refractivity contribution is -0.115. The maximum Gasteiger partial charge on any atom is 0.224 e. The molecule has 0 spiro atoms. The number of amides is 1. The lowest BCUT2D eigenvalue weighted by Gasteiger charge is -2.30. The predicted molar refractivity (Wildman–Crippen MR) is 143 cm³/mol. The van der Waals surface area contributed by atoms with Gasteiger partial charge in [0.2, 0.25) is 5.91 Å². The third-order valence-electron chi connectivity index (χ3n) is 6.75. The highest BCUT2D eigenvalue weighted by molar-refractivity contribution is 7.80. The molecular weight excluding hydrogens is 474 g/mol. The number of rotatable bonds is 8. The van der Waals surface area contributed by atoms with Crippen molar-refractivity contribution < 1.29 is 14.3 Å². The fourth-order valence-corrected chi connectivity index (χ4v) is 5.32. The summed E-state index contributed by atoms with van der Waals surface area (Å²) in [5.74, 6) is 0.506. The molecule has 3 aromatic rings. The number of benzene rings is 1. The van der Waals surface area contributed by atoms with Gasteiger partial charge in [0, 0.05) is 49.4 Å². The van der Waals surface area contributed by atoms with Crippen LogP contribution in [0.2, 0.25) is 0 Å². The topological polar surface area (TPSA) is 80.7 Å². The molecule has 2 fully saturated rings. The predicted octanol–water partition coefficient (Wildman–Crippen LogP) is 4.60. The van der Waals surface area contributed by atoms with E-state index in [4.69, 9.17) is 21.7 Å². The first kappa shape index (κ1) is 24.3. The highest BCUT2D eigenvalue weighted by atomic mass is 32.1. The summed E-state index contributed by atoms with van der Waals surface area (Å²) in [6.45, 7) is 3.43. The van der Waals surface area contributed by atoms with E-state index in [2.05, 4.69) is 43.4 Å². The van der Waals surface area contributed by atoms with Gasteiger partial charge in [0.1, 0.15) is 11.8 Å². The smallest absolute Gasteiger partial charge is 0.224 e. The maximum atomic E-state index is 12.0. The molecule has 0 bridgehead atoms. The van der Waals surface area contributed by atoms with E-state index in [9.17, 15) is 4.79 Å². The van der Waals surface area contributed by atoms with E-state index < -0.39 is 0 Å². The summed E-state index contributed by atoms with van der Waals surface area (Å²) in [5, 5.41) is 7.02. The van der Waals surface area contributed by atoms with E-state index in [0.29, 0.717) is 23.0 Å². The number of methoxy groups -OCH3 is 1. The van der Waals surface area contributed by atoms with E-state index in [1.807, 2.05) is 43.3 Å². The van der Waals surface area contributed by atoms with Crippen LogP contribution in [0, 0.1) is 0 Å². The van der Waals surface area contributed by atoms with Crippen molar-refractivity contribution >= 4 is 34.6 Å². The summed E-state index contributed by atoms with van der Waals surface area (Å²) >= 11 is 5.88. The Kier molecular flexibility index (Phi) is 7.20. The van der Waals surface area contributed by atoms with Gasteiger partial charge in [-0.1, -0.05) is 13.0 Å². The number of anilines is 2. The molecule has 0 saturated carbocycles. The SMILES string of the molecule is CCC(=O)Nc1ccc(N2C(=S)N[C@H](c3ccccn3)[C@H]2c2cccn2C[C@H]2CCCO2)cc1OC. The molecule has 3 atom stereocenters. The molecular formula is C27H31N5O3S. The van der Waals surface area contributed by atoms with Gasteiger partial charge in [-0.15, -0.1) is 0 Å². The molecule has 2 saturated heterocycles. The first-order chi connectivity index (χ1) is 17.6. The van der Waals surface area contributed by atoms with Crippen molar-refractivity contribution in [3.63, 3.8) is 0 Å². The molecule has 0 aliphatic carbocycles. The number of carbonyl (C=O) groups is 1. The maximum absolute atomic E-state index is 12.0. The lowest BCUT2D eigenvalue weighted by atomic mass is 10.0. The Morgan fingerprint density at radius 3 is 2.89 bits per heavy atom. The van der Waals surface area contributed by atoms with E-state index in [0.717, 1.165) is 43.1 Å². The summed E-state index contributed by atoms with van der Waals surface area (Å²) in [7, 11) is 1.60. The first-order valence-electron chi connectivity index (χ1n) is 12.3. The van der Waals surface area contributed by atoms with Gasteiger partial charge in [0.15, 0.2) is 5.11 Å². The Labute approximate surface area is 216 Å². The van der Waals surface area contributed by atoms with Crippen molar-refractivity contribution in [1.29, 1.82) is 0 Å². The van der Waals surface area contributed by atoms with Crippen LogP contribution in [0.5, 0.6) is 5.75 Å². The number of thiocarbonyl (C=S) groups is 1. The van der Waals surface area contributed by atoms with Crippen LogP contribution in [0.1, 0.15) is 49.7 Å². The number of nitrogens with one attached hydrogen (secondary N) is 2. The summed E-state index contributed by atoms with van der Waals surface area (Å²) in [5.41, 5.74) is 3.53. The van der Waals surface area contributed by atoms with Crippen molar-refractivity contribution in [2.24, 2.45) is 0 Å². The van der Waals surface area contributed by atoms with Gasteiger partial charge in [-0.3, -0.25) is 9.78 Å². The van der Waals surface area contributed by atoms with Gasteiger partial charge < -0.3 is 29.6 Å². The highest BCUT2D eigenvalue weighted by Crippen LogP contribution is 2.43. The standard InChI is InChI=1S/C27H31N5O3S/c1-3-24(33)29-20-12-11-18(16-23(20)34-2)32-26(25(30-27(32)36)21-9-4-5-13-28-21)22-10-6-14-31(22)17-19-8-7-15-35-19/h4-6,9-14,16,19,25-26H,3,7-8,15,17H2,1-2H3,(H,29,33)(H,30,36)/t19-,25-,26-/m1/s1. The van der Waals surface area contributed by atoms with E-state index in [-0.39, 0.29) is 24.1 Å². The van der Waals surface area contributed by atoms with E-state index >= 15 is 0 Å². The van der Waals surface area contributed by atoms with Crippen molar-refractivity contribution in [2.45, 2.75) is 50.9 Å². The second kappa shape index (κ2) is 10.7. The largest absolute Gasteiger partial charge is 0.494 e. The molecule has 5 rings (SSSR count). The van der Waals surface area contributed by atoms with Gasteiger partial charge >= 0.3 is 0 Å². The van der Waals surface area contributed by atoms with Crippen LogP contribution in [-0.2, 0) is 16.1 Å². The third-order valence-corrected chi connectivity index (χ3v) is 7.06. The van der Waals surface area contributed by atoms with Gasteiger partial charge in [0.25, 0.3) is 0 Å². The fourth-order valence-electron chi connectivity index (χ4n) is 4.97. The molecule has 1 amide bonds. The number of pyridine rings is 1. The molecule has 2 aliphatic rings. The number of carbonyl (C=O) groups excluding carboxylic acids is 1. The molecule has 0 radical (unpaired) electrons. The molecule has 9 heteroatoms. The van der Waals surface area contributed by atoms with E-state index in [1.54, 1.807) is 13.3 Å². The monoisotopic (exact) mass is 505 g/mol. The second-order valence-electron chi connectivity index (χ2n) is 9.00. The van der Waals surface area contributed by atoms with Crippen LogP contribution < -0.4 is 20.3 Å². The third kappa shape index (κ3) is 4.81. The van der Waals surface area contributed by atoms with Crippen LogP contribution in [-0.4, -0.2) is 40.4 Å². The molecule has 188 valence electrons. The summed E-state index contributed by atoms with van der Waals surface area (Å²) in [6.07, 6.45) is 6.67. The minimum atomic E-state index is -0.151. The van der Waals surface area contributed by atoms with Gasteiger partial charge in [-0.05, 0) is 61.5 Å². The molecule has 2 aliphatic heterocycles. The Hall–Kier alpha value is -3.43. The molecule has 36 heavy (non-hydrogen) atoms. The van der Waals surface area contributed by atoms with Crippen molar-refractivity contribution in [3.8, 4) is 5.75 Å². The average Bonchev–Trinajstić information content (AvgIpc) is 3.65. The van der Waals surface area contributed by atoms with Crippen molar-refractivity contribution in [1.82, 2.24) is 14.9 Å². The average molecular weight is 506 g/mol.